The SMILES string of the molecule is CC(C)(C)OC(=O)Nc1ccc(Cl)c(OC2CCNCC2)c1. The molecule has 1 aromatic carbocycles. The molecular formula is C16H23ClN2O3. The molecule has 1 aliphatic rings. The molecule has 2 N–H and O–H groups in total. The van der Waals surface area contributed by atoms with Crippen LogP contribution in [0.3, 0.4) is 0 Å². The van der Waals surface area contributed by atoms with Crippen LogP contribution in [0.1, 0.15) is 33.6 Å². The zero-order valence-electron chi connectivity index (χ0n) is 13.2. The molecule has 0 aliphatic carbocycles. The molecule has 0 saturated carbocycles. The van der Waals surface area contributed by atoms with Crippen molar-refractivity contribution in [1.82, 2.24) is 5.32 Å². The van der Waals surface area contributed by atoms with Gasteiger partial charge in [0.1, 0.15) is 17.5 Å². The Balaban J connectivity index is 2.01. The van der Waals surface area contributed by atoms with E-state index in [0.29, 0.717) is 16.5 Å². The van der Waals surface area contributed by atoms with Gasteiger partial charge in [0.25, 0.3) is 0 Å². The van der Waals surface area contributed by atoms with Crippen molar-refractivity contribution in [1.29, 1.82) is 0 Å². The monoisotopic (exact) mass is 326 g/mol. The maximum atomic E-state index is 11.8. The Morgan fingerprint density at radius 3 is 2.64 bits per heavy atom. The van der Waals surface area contributed by atoms with Crippen molar-refractivity contribution in [2.75, 3.05) is 18.4 Å². The number of piperidine rings is 1. The highest BCUT2D eigenvalue weighted by atomic mass is 35.5. The van der Waals surface area contributed by atoms with Crippen LogP contribution < -0.4 is 15.4 Å². The second kappa shape index (κ2) is 7.20. The maximum absolute atomic E-state index is 11.8. The Labute approximate surface area is 136 Å². The normalized spacial score (nSPS) is 16.2. The highest BCUT2D eigenvalue weighted by Crippen LogP contribution is 2.30. The van der Waals surface area contributed by atoms with E-state index in [4.69, 9.17) is 21.1 Å². The largest absolute Gasteiger partial charge is 0.489 e. The van der Waals surface area contributed by atoms with Gasteiger partial charge in [0, 0.05) is 11.8 Å². The molecule has 22 heavy (non-hydrogen) atoms. The van der Waals surface area contributed by atoms with Gasteiger partial charge < -0.3 is 14.8 Å². The first-order chi connectivity index (χ1) is 10.3. The van der Waals surface area contributed by atoms with Crippen LogP contribution in [0.2, 0.25) is 5.02 Å². The van der Waals surface area contributed by atoms with Gasteiger partial charge in [0.2, 0.25) is 0 Å². The summed E-state index contributed by atoms with van der Waals surface area (Å²) < 4.78 is 11.2. The van der Waals surface area contributed by atoms with Crippen molar-refractivity contribution in [3.05, 3.63) is 23.2 Å². The second-order valence-electron chi connectivity index (χ2n) is 6.34. The lowest BCUT2D eigenvalue weighted by molar-refractivity contribution is 0.0636. The zero-order valence-corrected chi connectivity index (χ0v) is 14.0. The van der Waals surface area contributed by atoms with Crippen molar-refractivity contribution in [2.24, 2.45) is 0 Å². The average molecular weight is 327 g/mol. The number of nitrogens with one attached hydrogen (secondary N) is 2. The summed E-state index contributed by atoms with van der Waals surface area (Å²) in [5, 5.41) is 6.51. The molecule has 6 heteroatoms. The van der Waals surface area contributed by atoms with E-state index in [1.807, 2.05) is 20.8 Å². The summed E-state index contributed by atoms with van der Waals surface area (Å²) in [5.74, 6) is 0.585. The zero-order chi connectivity index (χ0) is 16.2. The lowest BCUT2D eigenvalue weighted by Crippen LogP contribution is -2.34. The predicted molar refractivity (Wildman–Crippen MR) is 87.8 cm³/mol. The molecule has 5 nitrogen and oxygen atoms in total. The third-order valence-corrected chi connectivity index (χ3v) is 3.47. The Bertz CT molecular complexity index is 523. The van der Waals surface area contributed by atoms with Crippen molar-refractivity contribution in [2.45, 2.75) is 45.3 Å². The van der Waals surface area contributed by atoms with E-state index >= 15 is 0 Å². The number of anilines is 1. The molecule has 1 fully saturated rings. The van der Waals surface area contributed by atoms with E-state index in [2.05, 4.69) is 10.6 Å². The van der Waals surface area contributed by atoms with Crippen LogP contribution in [-0.2, 0) is 4.74 Å². The fourth-order valence-corrected chi connectivity index (χ4v) is 2.35. The van der Waals surface area contributed by atoms with Gasteiger partial charge in [0.05, 0.1) is 5.02 Å². The maximum Gasteiger partial charge on any atom is 0.412 e. The fourth-order valence-electron chi connectivity index (χ4n) is 2.19. The first-order valence-electron chi connectivity index (χ1n) is 7.50. The summed E-state index contributed by atoms with van der Waals surface area (Å²) in [5.41, 5.74) is 0.0628. The van der Waals surface area contributed by atoms with Gasteiger partial charge in [-0.25, -0.2) is 4.79 Å². The fraction of sp³-hybridized carbons (Fsp3) is 0.562. The van der Waals surface area contributed by atoms with Gasteiger partial charge in [-0.2, -0.15) is 0 Å². The Kier molecular flexibility index (Phi) is 5.53. The third-order valence-electron chi connectivity index (χ3n) is 3.16. The second-order valence-corrected chi connectivity index (χ2v) is 6.75. The standard InChI is InChI=1S/C16H23ClN2O3/c1-16(2,3)22-15(20)19-11-4-5-13(17)14(10-11)21-12-6-8-18-9-7-12/h4-5,10,12,18H,6-9H2,1-3H3,(H,19,20). The van der Waals surface area contributed by atoms with E-state index in [-0.39, 0.29) is 6.10 Å². The lowest BCUT2D eigenvalue weighted by atomic mass is 10.1. The molecular weight excluding hydrogens is 304 g/mol. The van der Waals surface area contributed by atoms with Crippen molar-refractivity contribution in [3.8, 4) is 5.75 Å². The van der Waals surface area contributed by atoms with Crippen LogP contribution in [0.5, 0.6) is 5.75 Å². The molecule has 0 aromatic heterocycles. The van der Waals surface area contributed by atoms with Gasteiger partial charge in [-0.05, 0) is 58.8 Å². The number of hydrogen-bond donors (Lipinski definition) is 2. The molecule has 2 rings (SSSR count). The third kappa shape index (κ3) is 5.39. The van der Waals surface area contributed by atoms with E-state index in [0.717, 1.165) is 25.9 Å². The van der Waals surface area contributed by atoms with Gasteiger partial charge in [-0.1, -0.05) is 11.6 Å². The number of carbonyl (C=O) groups is 1. The number of hydrogen-bond acceptors (Lipinski definition) is 4. The molecule has 1 amide bonds. The number of benzene rings is 1. The van der Waals surface area contributed by atoms with Crippen molar-refractivity contribution < 1.29 is 14.3 Å². The molecule has 0 bridgehead atoms. The van der Waals surface area contributed by atoms with Crippen LogP contribution in [-0.4, -0.2) is 30.9 Å². The summed E-state index contributed by atoms with van der Waals surface area (Å²) in [6.45, 7) is 7.34. The van der Waals surface area contributed by atoms with Crippen LogP contribution in [0, 0.1) is 0 Å². The lowest BCUT2D eigenvalue weighted by Gasteiger charge is -2.24. The summed E-state index contributed by atoms with van der Waals surface area (Å²) >= 11 is 6.17. The smallest absolute Gasteiger partial charge is 0.412 e. The quantitative estimate of drug-likeness (QED) is 0.886. The van der Waals surface area contributed by atoms with E-state index in [1.165, 1.54) is 0 Å². The van der Waals surface area contributed by atoms with Crippen LogP contribution in [0.4, 0.5) is 10.5 Å². The molecule has 0 spiro atoms. The molecule has 1 aromatic rings. The number of ether oxygens (including phenoxy) is 2. The summed E-state index contributed by atoms with van der Waals surface area (Å²) in [7, 11) is 0. The summed E-state index contributed by atoms with van der Waals surface area (Å²) in [4.78, 5) is 11.8. The number of amides is 1. The van der Waals surface area contributed by atoms with Gasteiger partial charge in [-0.3, -0.25) is 5.32 Å². The first-order valence-corrected chi connectivity index (χ1v) is 7.88. The van der Waals surface area contributed by atoms with Gasteiger partial charge in [0.15, 0.2) is 0 Å². The minimum absolute atomic E-state index is 0.149. The molecule has 122 valence electrons. The molecule has 1 aliphatic heterocycles. The van der Waals surface area contributed by atoms with E-state index in [9.17, 15) is 4.79 Å². The molecule has 0 unspecified atom stereocenters. The van der Waals surface area contributed by atoms with Crippen molar-refractivity contribution in [3.63, 3.8) is 0 Å². The molecule has 1 heterocycles. The topological polar surface area (TPSA) is 59.6 Å². The highest BCUT2D eigenvalue weighted by Gasteiger charge is 2.18. The summed E-state index contributed by atoms with van der Waals surface area (Å²) in [6.07, 6.45) is 1.54. The number of halogens is 1. The van der Waals surface area contributed by atoms with Crippen molar-refractivity contribution >= 4 is 23.4 Å². The Hall–Kier alpha value is -1.46. The predicted octanol–water partition coefficient (Wildman–Crippen LogP) is 3.82. The van der Waals surface area contributed by atoms with Gasteiger partial charge in [-0.15, -0.1) is 0 Å². The minimum Gasteiger partial charge on any atom is -0.489 e. The van der Waals surface area contributed by atoms with Crippen LogP contribution in [0.15, 0.2) is 18.2 Å². The summed E-state index contributed by atoms with van der Waals surface area (Å²) in [6, 6.07) is 5.17. The Morgan fingerprint density at radius 1 is 1.32 bits per heavy atom. The van der Waals surface area contributed by atoms with Crippen LogP contribution >= 0.6 is 11.6 Å². The Morgan fingerprint density at radius 2 is 2.00 bits per heavy atom. The van der Waals surface area contributed by atoms with Crippen LogP contribution in [0.25, 0.3) is 0 Å². The molecule has 0 radical (unpaired) electrons. The highest BCUT2D eigenvalue weighted by molar-refractivity contribution is 6.32. The van der Waals surface area contributed by atoms with E-state index in [1.54, 1.807) is 18.2 Å². The first kappa shape index (κ1) is 16.9. The number of rotatable bonds is 3. The minimum atomic E-state index is -0.537. The van der Waals surface area contributed by atoms with E-state index < -0.39 is 11.7 Å². The molecule has 0 atom stereocenters. The van der Waals surface area contributed by atoms with Gasteiger partial charge >= 0.3 is 6.09 Å². The average Bonchev–Trinajstić information content (AvgIpc) is 2.41. The molecule has 1 saturated heterocycles. The number of carbonyl (C=O) groups excluding carboxylic acids is 1.